The highest BCUT2D eigenvalue weighted by molar-refractivity contribution is 5.27. The van der Waals surface area contributed by atoms with Crippen LogP contribution in [0.15, 0.2) is 42.6 Å². The third-order valence-electron chi connectivity index (χ3n) is 7.63. The lowest BCUT2D eigenvalue weighted by molar-refractivity contribution is -0.108. The van der Waals surface area contributed by atoms with Gasteiger partial charge in [0.1, 0.15) is 0 Å². The Morgan fingerprint density at radius 3 is 2.44 bits per heavy atom. The second-order valence-corrected chi connectivity index (χ2v) is 9.93. The maximum absolute atomic E-state index is 11.4. The van der Waals surface area contributed by atoms with E-state index in [1.807, 2.05) is 0 Å². The van der Waals surface area contributed by atoms with E-state index >= 15 is 0 Å². The normalized spacial score (nSPS) is 37.2. The quantitative estimate of drug-likeness (QED) is 0.857. The zero-order valence-electron chi connectivity index (χ0n) is 17.2. The highest BCUT2D eigenvalue weighted by Gasteiger charge is 2.51. The van der Waals surface area contributed by atoms with Crippen LogP contribution in [0, 0.1) is 0 Å². The molecule has 0 amide bonds. The number of nitrogens with zero attached hydrogens (tertiary/aromatic N) is 2. The van der Waals surface area contributed by atoms with E-state index < -0.39 is 5.60 Å². The van der Waals surface area contributed by atoms with Gasteiger partial charge in [-0.25, -0.2) is 0 Å². The lowest BCUT2D eigenvalue weighted by Gasteiger charge is -2.58. The van der Waals surface area contributed by atoms with Crippen molar-refractivity contribution in [2.45, 2.75) is 75.3 Å². The molecule has 0 aromatic heterocycles. The molecule has 0 saturated carbocycles. The summed E-state index contributed by atoms with van der Waals surface area (Å²) in [5.74, 6) is 0. The molecule has 1 N–H and O–H groups in total. The Bertz CT molecular complexity index is 683. The zero-order chi connectivity index (χ0) is 19.1. The second kappa shape index (κ2) is 6.93. The Morgan fingerprint density at radius 2 is 1.74 bits per heavy atom. The fraction of sp³-hybridized carbons (Fsp3) is 0.667. The van der Waals surface area contributed by atoms with Crippen LogP contribution in [0.3, 0.4) is 0 Å². The average Bonchev–Trinajstić information content (AvgIpc) is 3.18. The topological polar surface area (TPSA) is 26.7 Å². The molecule has 4 rings (SSSR count). The maximum Gasteiger partial charge on any atom is 0.0731 e. The van der Waals surface area contributed by atoms with Crippen LogP contribution in [0.1, 0.15) is 64.4 Å². The Hall–Kier alpha value is -1.32. The maximum atomic E-state index is 11.4. The standard InChI is InChI=1S/C24H36N2O/c1-20(25-14-7-8-15-25)17-24(27)13-16-26-19-22(2,11-12-23(26,3)18-24)21-9-5-4-6-10-21/h4-6,9-10,27H,1,7-8,11-19H2,2-3H3. The van der Waals surface area contributed by atoms with Crippen molar-refractivity contribution >= 4 is 0 Å². The van der Waals surface area contributed by atoms with Gasteiger partial charge < -0.3 is 10.0 Å². The number of benzene rings is 1. The SMILES string of the molecule is C=C(CC1(O)CCN2CC(C)(c3ccccc3)CCC2(C)C1)N1CCCC1. The van der Waals surface area contributed by atoms with E-state index in [1.165, 1.54) is 24.8 Å². The van der Waals surface area contributed by atoms with E-state index in [4.69, 9.17) is 0 Å². The van der Waals surface area contributed by atoms with E-state index in [0.29, 0.717) is 0 Å². The second-order valence-electron chi connectivity index (χ2n) is 9.93. The molecule has 3 atom stereocenters. The summed E-state index contributed by atoms with van der Waals surface area (Å²) in [5.41, 5.74) is 2.33. The fourth-order valence-corrected chi connectivity index (χ4v) is 5.84. The van der Waals surface area contributed by atoms with Gasteiger partial charge in [-0.05, 0) is 51.0 Å². The van der Waals surface area contributed by atoms with Gasteiger partial charge in [-0.2, -0.15) is 0 Å². The first-order chi connectivity index (χ1) is 12.8. The van der Waals surface area contributed by atoms with E-state index in [1.54, 1.807) is 0 Å². The van der Waals surface area contributed by atoms with Crippen molar-refractivity contribution in [2.75, 3.05) is 26.2 Å². The molecule has 1 aromatic carbocycles. The Labute approximate surface area is 165 Å². The van der Waals surface area contributed by atoms with Gasteiger partial charge in [0, 0.05) is 49.3 Å². The first kappa shape index (κ1) is 19.0. The molecule has 1 aromatic rings. The van der Waals surface area contributed by atoms with Crippen molar-refractivity contribution in [1.82, 2.24) is 9.80 Å². The van der Waals surface area contributed by atoms with E-state index in [-0.39, 0.29) is 11.0 Å². The van der Waals surface area contributed by atoms with Crippen molar-refractivity contribution in [3.63, 3.8) is 0 Å². The number of hydrogen-bond acceptors (Lipinski definition) is 3. The van der Waals surface area contributed by atoms with Crippen molar-refractivity contribution in [1.29, 1.82) is 0 Å². The molecular formula is C24H36N2O. The van der Waals surface area contributed by atoms with Gasteiger partial charge in [0.15, 0.2) is 0 Å². The van der Waals surface area contributed by atoms with E-state index in [2.05, 4.69) is 60.6 Å². The number of likely N-dealkylation sites (tertiary alicyclic amines) is 1. The minimum absolute atomic E-state index is 0.104. The molecule has 3 saturated heterocycles. The summed E-state index contributed by atoms with van der Waals surface area (Å²) >= 11 is 0. The van der Waals surface area contributed by atoms with Crippen LogP contribution < -0.4 is 0 Å². The third kappa shape index (κ3) is 3.69. The monoisotopic (exact) mass is 368 g/mol. The van der Waals surface area contributed by atoms with Gasteiger partial charge in [-0.15, -0.1) is 0 Å². The molecule has 27 heavy (non-hydrogen) atoms. The molecule has 0 radical (unpaired) electrons. The smallest absolute Gasteiger partial charge is 0.0731 e. The summed E-state index contributed by atoms with van der Waals surface area (Å²) in [6.07, 6.45) is 7.34. The Balaban J connectivity index is 1.45. The van der Waals surface area contributed by atoms with Gasteiger partial charge in [0.05, 0.1) is 5.60 Å². The highest BCUT2D eigenvalue weighted by Crippen LogP contribution is 2.48. The van der Waals surface area contributed by atoms with Gasteiger partial charge in [-0.1, -0.05) is 43.8 Å². The molecule has 0 aliphatic carbocycles. The van der Waals surface area contributed by atoms with Crippen molar-refractivity contribution in [3.05, 3.63) is 48.2 Å². The van der Waals surface area contributed by atoms with E-state index in [9.17, 15) is 5.11 Å². The van der Waals surface area contributed by atoms with Gasteiger partial charge in [-0.3, -0.25) is 4.90 Å². The number of rotatable bonds is 4. The number of aliphatic hydroxyl groups is 1. The van der Waals surface area contributed by atoms with Gasteiger partial charge in [0.2, 0.25) is 0 Å². The van der Waals surface area contributed by atoms with Crippen LogP contribution in [0.5, 0.6) is 0 Å². The third-order valence-corrected chi connectivity index (χ3v) is 7.63. The van der Waals surface area contributed by atoms with Crippen LogP contribution >= 0.6 is 0 Å². The summed E-state index contributed by atoms with van der Waals surface area (Å²) in [6.45, 7) is 13.4. The zero-order valence-corrected chi connectivity index (χ0v) is 17.2. The number of fused-ring (bicyclic) bond motifs is 1. The minimum atomic E-state index is -0.592. The summed E-state index contributed by atoms with van der Waals surface area (Å²) in [6, 6.07) is 11.0. The van der Waals surface area contributed by atoms with Gasteiger partial charge >= 0.3 is 0 Å². The van der Waals surface area contributed by atoms with Crippen LogP contribution in [-0.4, -0.2) is 52.2 Å². The lowest BCUT2D eigenvalue weighted by Crippen LogP contribution is -2.63. The summed E-state index contributed by atoms with van der Waals surface area (Å²) in [7, 11) is 0. The first-order valence-electron chi connectivity index (χ1n) is 10.8. The molecule has 3 nitrogen and oxygen atoms in total. The molecule has 148 valence electrons. The van der Waals surface area contributed by atoms with Crippen molar-refractivity contribution in [3.8, 4) is 0 Å². The van der Waals surface area contributed by atoms with Gasteiger partial charge in [0.25, 0.3) is 0 Å². The molecular weight excluding hydrogens is 332 g/mol. The largest absolute Gasteiger partial charge is 0.389 e. The average molecular weight is 369 g/mol. The number of piperidine rings is 2. The lowest BCUT2D eigenvalue weighted by atomic mass is 9.65. The molecule has 3 aliphatic heterocycles. The van der Waals surface area contributed by atoms with Crippen molar-refractivity contribution < 1.29 is 5.11 Å². The summed E-state index contributed by atoms with van der Waals surface area (Å²) in [5, 5.41) is 11.4. The van der Waals surface area contributed by atoms with E-state index in [0.717, 1.165) is 57.6 Å². The predicted octanol–water partition coefficient (Wildman–Crippen LogP) is 4.32. The predicted molar refractivity (Wildman–Crippen MR) is 112 cm³/mol. The molecule has 3 heterocycles. The molecule has 0 spiro atoms. The van der Waals surface area contributed by atoms with Crippen LogP contribution in [-0.2, 0) is 5.41 Å². The molecule has 3 unspecified atom stereocenters. The highest BCUT2D eigenvalue weighted by atomic mass is 16.3. The first-order valence-corrected chi connectivity index (χ1v) is 10.8. The number of hydrogen-bond donors (Lipinski definition) is 1. The Kier molecular flexibility index (Phi) is 4.88. The van der Waals surface area contributed by atoms with Crippen molar-refractivity contribution in [2.24, 2.45) is 0 Å². The minimum Gasteiger partial charge on any atom is -0.389 e. The molecule has 0 bridgehead atoms. The summed E-state index contributed by atoms with van der Waals surface area (Å²) < 4.78 is 0. The fourth-order valence-electron chi connectivity index (χ4n) is 5.84. The van der Waals surface area contributed by atoms with Crippen LogP contribution in [0.4, 0.5) is 0 Å². The summed E-state index contributed by atoms with van der Waals surface area (Å²) in [4.78, 5) is 5.05. The molecule has 3 heteroatoms. The molecule has 3 fully saturated rings. The van der Waals surface area contributed by atoms with Crippen LogP contribution in [0.25, 0.3) is 0 Å². The van der Waals surface area contributed by atoms with Crippen LogP contribution in [0.2, 0.25) is 0 Å². The molecule has 3 aliphatic rings. The Morgan fingerprint density at radius 1 is 1.04 bits per heavy atom.